The largest absolute Gasteiger partial charge is 0.339 e. The third-order valence-electron chi connectivity index (χ3n) is 3.70. The van der Waals surface area contributed by atoms with E-state index >= 15 is 0 Å². The number of benzene rings is 2. The van der Waals surface area contributed by atoms with Gasteiger partial charge in [-0.3, -0.25) is 9.55 Å². The van der Waals surface area contributed by atoms with Gasteiger partial charge in [0.2, 0.25) is 0 Å². The number of para-hydroxylation sites is 2. The lowest BCUT2D eigenvalue weighted by Crippen LogP contribution is -2.03. The van der Waals surface area contributed by atoms with Crippen molar-refractivity contribution in [1.82, 2.24) is 19.5 Å². The van der Waals surface area contributed by atoms with Crippen LogP contribution in [0.1, 0.15) is 5.82 Å². The molecular weight excluding hydrogens is 366 g/mol. The summed E-state index contributed by atoms with van der Waals surface area (Å²) < 4.78 is 3.04. The van der Waals surface area contributed by atoms with E-state index in [9.17, 15) is 0 Å². The summed E-state index contributed by atoms with van der Waals surface area (Å²) in [5, 5.41) is 3.27. The molecule has 0 amide bonds. The van der Waals surface area contributed by atoms with E-state index in [0.717, 1.165) is 32.8 Å². The van der Waals surface area contributed by atoms with Gasteiger partial charge in [0.1, 0.15) is 5.82 Å². The summed E-state index contributed by atoms with van der Waals surface area (Å²) in [5.41, 5.74) is 2.92. The molecule has 6 heteroatoms. The molecule has 0 aliphatic carbocycles. The third-order valence-corrected chi connectivity index (χ3v) is 4.22. The van der Waals surface area contributed by atoms with Gasteiger partial charge in [-0.25, -0.2) is 9.97 Å². The van der Waals surface area contributed by atoms with Gasteiger partial charge in [0, 0.05) is 10.2 Å². The fourth-order valence-corrected chi connectivity index (χ4v) is 2.90. The topological polar surface area (TPSA) is 55.6 Å². The first-order valence-electron chi connectivity index (χ1n) is 7.50. The fraction of sp³-hybridized carbons (Fsp3) is 0.0556. The van der Waals surface area contributed by atoms with E-state index in [-0.39, 0.29) is 0 Å². The highest BCUT2D eigenvalue weighted by atomic mass is 79.9. The van der Waals surface area contributed by atoms with E-state index in [1.54, 1.807) is 12.4 Å². The van der Waals surface area contributed by atoms with Gasteiger partial charge in [-0.05, 0) is 43.3 Å². The maximum Gasteiger partial charge on any atom is 0.159 e. The molecular formula is C18H14BrN5. The Hall–Kier alpha value is -2.73. The second kappa shape index (κ2) is 6.05. The fourth-order valence-electron chi connectivity index (χ4n) is 2.64. The molecule has 0 aliphatic heterocycles. The number of fused-ring (bicyclic) bond motifs is 1. The number of aryl methyl sites for hydroxylation is 1. The molecule has 24 heavy (non-hydrogen) atoms. The number of rotatable bonds is 3. The molecule has 2 aromatic heterocycles. The minimum Gasteiger partial charge on any atom is -0.339 e. The average molecular weight is 380 g/mol. The standard InChI is InChI=1S/C18H14BrN5/c1-12-21-15-4-2-3-5-16(15)24(12)18-11-20-10-17(23-18)22-14-8-6-13(19)7-9-14/h2-11H,1H3,(H,22,23). The van der Waals surface area contributed by atoms with Gasteiger partial charge in [0.05, 0.1) is 23.4 Å². The maximum atomic E-state index is 4.68. The molecule has 0 spiro atoms. The smallest absolute Gasteiger partial charge is 0.159 e. The van der Waals surface area contributed by atoms with Crippen LogP contribution >= 0.6 is 15.9 Å². The molecule has 0 atom stereocenters. The SMILES string of the molecule is Cc1nc2ccccc2n1-c1cncc(Nc2ccc(Br)cc2)n1. The number of nitrogens with zero attached hydrogens (tertiary/aromatic N) is 4. The molecule has 1 N–H and O–H groups in total. The molecule has 0 aliphatic rings. The Morgan fingerprint density at radius 3 is 2.58 bits per heavy atom. The molecule has 0 radical (unpaired) electrons. The van der Waals surface area contributed by atoms with E-state index in [1.807, 2.05) is 60.0 Å². The zero-order valence-corrected chi connectivity index (χ0v) is 14.5. The summed E-state index contributed by atoms with van der Waals surface area (Å²) >= 11 is 3.43. The summed E-state index contributed by atoms with van der Waals surface area (Å²) in [4.78, 5) is 13.6. The number of hydrogen-bond acceptors (Lipinski definition) is 4. The van der Waals surface area contributed by atoms with E-state index in [4.69, 9.17) is 0 Å². The number of anilines is 2. The monoisotopic (exact) mass is 379 g/mol. The van der Waals surface area contributed by atoms with Crippen LogP contribution in [0.15, 0.2) is 65.4 Å². The van der Waals surface area contributed by atoms with Crippen LogP contribution in [0.4, 0.5) is 11.5 Å². The quantitative estimate of drug-likeness (QED) is 0.563. The van der Waals surface area contributed by atoms with E-state index < -0.39 is 0 Å². The zero-order chi connectivity index (χ0) is 16.5. The van der Waals surface area contributed by atoms with Crippen molar-refractivity contribution in [1.29, 1.82) is 0 Å². The highest BCUT2D eigenvalue weighted by Gasteiger charge is 2.10. The summed E-state index contributed by atoms with van der Waals surface area (Å²) in [7, 11) is 0. The van der Waals surface area contributed by atoms with Crippen molar-refractivity contribution in [3.8, 4) is 5.82 Å². The molecule has 0 saturated heterocycles. The summed E-state index contributed by atoms with van der Waals surface area (Å²) in [6, 6.07) is 15.9. The van der Waals surface area contributed by atoms with Crippen LogP contribution in [-0.2, 0) is 0 Å². The van der Waals surface area contributed by atoms with Gasteiger partial charge in [0.25, 0.3) is 0 Å². The Kier molecular flexibility index (Phi) is 3.74. The van der Waals surface area contributed by atoms with Crippen molar-refractivity contribution in [2.75, 3.05) is 5.32 Å². The second-order valence-electron chi connectivity index (χ2n) is 5.38. The second-order valence-corrected chi connectivity index (χ2v) is 6.29. The predicted octanol–water partition coefficient (Wildman–Crippen LogP) is 4.63. The van der Waals surface area contributed by atoms with Crippen LogP contribution in [0.25, 0.3) is 16.9 Å². The van der Waals surface area contributed by atoms with Crippen LogP contribution in [0.2, 0.25) is 0 Å². The molecule has 2 heterocycles. The molecule has 5 nitrogen and oxygen atoms in total. The highest BCUT2D eigenvalue weighted by molar-refractivity contribution is 9.10. The van der Waals surface area contributed by atoms with Crippen LogP contribution in [-0.4, -0.2) is 19.5 Å². The number of hydrogen-bond donors (Lipinski definition) is 1. The zero-order valence-electron chi connectivity index (χ0n) is 12.9. The van der Waals surface area contributed by atoms with E-state index in [0.29, 0.717) is 5.82 Å². The molecule has 0 bridgehead atoms. The number of nitrogens with one attached hydrogen (secondary N) is 1. The van der Waals surface area contributed by atoms with Crippen LogP contribution in [0.5, 0.6) is 0 Å². The van der Waals surface area contributed by atoms with Gasteiger partial charge < -0.3 is 5.32 Å². The molecule has 0 saturated carbocycles. The van der Waals surface area contributed by atoms with Crippen molar-refractivity contribution in [3.63, 3.8) is 0 Å². The minimum absolute atomic E-state index is 0.687. The van der Waals surface area contributed by atoms with Gasteiger partial charge in [0.15, 0.2) is 11.6 Å². The Morgan fingerprint density at radius 1 is 0.958 bits per heavy atom. The number of halogens is 1. The summed E-state index contributed by atoms with van der Waals surface area (Å²) in [6.07, 6.45) is 3.45. The molecule has 4 rings (SSSR count). The third kappa shape index (κ3) is 2.76. The van der Waals surface area contributed by atoms with Gasteiger partial charge >= 0.3 is 0 Å². The number of aromatic nitrogens is 4. The lowest BCUT2D eigenvalue weighted by Gasteiger charge is -2.09. The highest BCUT2D eigenvalue weighted by Crippen LogP contribution is 2.22. The van der Waals surface area contributed by atoms with E-state index in [1.165, 1.54) is 0 Å². The molecule has 0 unspecified atom stereocenters. The van der Waals surface area contributed by atoms with Crippen LogP contribution < -0.4 is 5.32 Å². The maximum absolute atomic E-state index is 4.68. The van der Waals surface area contributed by atoms with Crippen molar-refractivity contribution in [2.45, 2.75) is 6.92 Å². The lowest BCUT2D eigenvalue weighted by molar-refractivity contribution is 0.943. The van der Waals surface area contributed by atoms with Gasteiger partial charge in [-0.1, -0.05) is 28.1 Å². The number of imidazole rings is 1. The van der Waals surface area contributed by atoms with E-state index in [2.05, 4.69) is 36.2 Å². The molecule has 2 aromatic carbocycles. The predicted molar refractivity (Wildman–Crippen MR) is 98.8 cm³/mol. The Morgan fingerprint density at radius 2 is 1.75 bits per heavy atom. The van der Waals surface area contributed by atoms with Crippen molar-refractivity contribution >= 4 is 38.5 Å². The first-order chi connectivity index (χ1) is 11.7. The average Bonchev–Trinajstić information content (AvgIpc) is 2.93. The van der Waals surface area contributed by atoms with Crippen molar-refractivity contribution in [2.24, 2.45) is 0 Å². The molecule has 0 fully saturated rings. The molecule has 4 aromatic rings. The normalized spacial score (nSPS) is 10.9. The lowest BCUT2D eigenvalue weighted by atomic mass is 10.3. The van der Waals surface area contributed by atoms with Crippen molar-refractivity contribution in [3.05, 3.63) is 71.2 Å². The van der Waals surface area contributed by atoms with Gasteiger partial charge in [-0.2, -0.15) is 0 Å². The van der Waals surface area contributed by atoms with Crippen LogP contribution in [0.3, 0.4) is 0 Å². The first-order valence-corrected chi connectivity index (χ1v) is 8.29. The Labute approximate surface area is 147 Å². The van der Waals surface area contributed by atoms with Crippen LogP contribution in [0, 0.1) is 6.92 Å². The van der Waals surface area contributed by atoms with Crippen molar-refractivity contribution < 1.29 is 0 Å². The summed E-state index contributed by atoms with van der Waals surface area (Å²) in [6.45, 7) is 1.97. The molecule has 118 valence electrons. The van der Waals surface area contributed by atoms with Gasteiger partial charge in [-0.15, -0.1) is 0 Å². The first kappa shape index (κ1) is 14.8. The Bertz CT molecular complexity index is 1010. The minimum atomic E-state index is 0.687. The summed E-state index contributed by atoms with van der Waals surface area (Å²) in [5.74, 6) is 2.31. The Balaban J connectivity index is 1.74.